The standard InChI is InChI=1S/C25H13ClF7N3O5/c26-13-3-1-9(27)5-11(13)19-17-14(7-16-20(18(17)21(37)35-19)41-25(32,33)40-16)34-22(38)36-8-23(39,24(29,30)31)12-6-10(28)2-4-15(12)36/h1-7,19,39H,8H2,(H,34,38)(H,35,37)/t19-,23+/m1/s1. The van der Waals surface area contributed by atoms with Gasteiger partial charge in [0.25, 0.3) is 5.91 Å². The highest BCUT2D eigenvalue weighted by Crippen LogP contribution is 2.53. The molecule has 2 atom stereocenters. The fourth-order valence-corrected chi connectivity index (χ4v) is 5.28. The summed E-state index contributed by atoms with van der Waals surface area (Å²) in [5, 5.41) is 15.1. The monoisotopic (exact) mass is 603 g/mol. The maximum absolute atomic E-state index is 14.1. The van der Waals surface area contributed by atoms with Gasteiger partial charge in [-0.1, -0.05) is 11.6 Å². The van der Waals surface area contributed by atoms with Crippen molar-refractivity contribution in [1.29, 1.82) is 0 Å². The Balaban J connectivity index is 1.47. The van der Waals surface area contributed by atoms with Crippen molar-refractivity contribution >= 4 is 34.9 Å². The molecule has 8 nitrogen and oxygen atoms in total. The number of nitrogens with zero attached hydrogens (tertiary/aromatic N) is 1. The van der Waals surface area contributed by atoms with Gasteiger partial charge in [0.15, 0.2) is 11.5 Å². The number of benzene rings is 3. The molecule has 0 saturated carbocycles. The SMILES string of the molecule is O=C1N[C@H](c2cc(F)ccc2Cl)c2c(NC(=O)N3C[C@@](O)(C(F)(F)F)c4cc(F)ccc43)cc3c(c21)OC(F)(F)O3. The molecule has 3 aliphatic heterocycles. The number of hydrogen-bond acceptors (Lipinski definition) is 5. The number of rotatable bonds is 2. The Kier molecular flexibility index (Phi) is 5.67. The summed E-state index contributed by atoms with van der Waals surface area (Å²) in [5.74, 6) is -4.28. The third kappa shape index (κ3) is 4.10. The number of fused-ring (bicyclic) bond motifs is 4. The van der Waals surface area contributed by atoms with Crippen molar-refractivity contribution in [2.45, 2.75) is 24.1 Å². The molecule has 6 rings (SSSR count). The van der Waals surface area contributed by atoms with Crippen LogP contribution in [0.3, 0.4) is 0 Å². The Morgan fingerprint density at radius 2 is 1.78 bits per heavy atom. The van der Waals surface area contributed by atoms with Gasteiger partial charge in [-0.2, -0.15) is 13.2 Å². The maximum atomic E-state index is 14.1. The number of aliphatic hydroxyl groups is 1. The zero-order valence-corrected chi connectivity index (χ0v) is 20.6. The highest BCUT2D eigenvalue weighted by Gasteiger charge is 2.61. The first-order chi connectivity index (χ1) is 19.1. The summed E-state index contributed by atoms with van der Waals surface area (Å²) >= 11 is 6.20. The van der Waals surface area contributed by atoms with E-state index in [1.54, 1.807) is 0 Å². The van der Waals surface area contributed by atoms with Crippen LogP contribution in [0.5, 0.6) is 11.5 Å². The molecule has 3 heterocycles. The number of nitrogens with one attached hydrogen (secondary N) is 2. The summed E-state index contributed by atoms with van der Waals surface area (Å²) in [7, 11) is 0. The first kappa shape index (κ1) is 27.0. The summed E-state index contributed by atoms with van der Waals surface area (Å²) in [6.45, 7) is -1.39. The van der Waals surface area contributed by atoms with Crippen LogP contribution in [0.4, 0.5) is 46.9 Å². The number of urea groups is 1. The first-order valence-electron chi connectivity index (χ1n) is 11.5. The Hall–Kier alpha value is -4.24. The van der Waals surface area contributed by atoms with Gasteiger partial charge < -0.3 is 25.2 Å². The smallest absolute Gasteiger partial charge is 0.395 e. The molecular weight excluding hydrogens is 591 g/mol. The predicted octanol–water partition coefficient (Wildman–Crippen LogP) is 5.57. The fraction of sp³-hybridized carbons (Fsp3) is 0.200. The molecule has 3 aromatic carbocycles. The molecule has 0 radical (unpaired) electrons. The summed E-state index contributed by atoms with van der Waals surface area (Å²) in [6.07, 6.45) is -9.54. The minimum atomic E-state index is -5.33. The number of carbonyl (C=O) groups is 2. The molecular formula is C25H13ClF7N3O5. The van der Waals surface area contributed by atoms with Gasteiger partial charge in [-0.25, -0.2) is 13.6 Å². The summed E-state index contributed by atoms with van der Waals surface area (Å²) in [6, 6.07) is 3.34. The normalized spacial score (nSPS) is 21.9. The Bertz CT molecular complexity index is 1670. The van der Waals surface area contributed by atoms with E-state index in [1.807, 2.05) is 0 Å². The van der Waals surface area contributed by atoms with E-state index in [2.05, 4.69) is 20.1 Å². The lowest BCUT2D eigenvalue weighted by Gasteiger charge is -2.27. The van der Waals surface area contributed by atoms with Crippen LogP contribution in [0.15, 0.2) is 42.5 Å². The van der Waals surface area contributed by atoms with Crippen molar-refractivity contribution < 1.29 is 54.9 Å². The van der Waals surface area contributed by atoms with Crippen molar-refractivity contribution in [1.82, 2.24) is 5.32 Å². The van der Waals surface area contributed by atoms with Crippen LogP contribution >= 0.6 is 11.6 Å². The van der Waals surface area contributed by atoms with Gasteiger partial charge in [0, 0.05) is 27.8 Å². The number of amides is 3. The van der Waals surface area contributed by atoms with Gasteiger partial charge in [-0.3, -0.25) is 9.69 Å². The van der Waals surface area contributed by atoms with E-state index in [0.717, 1.165) is 36.4 Å². The van der Waals surface area contributed by atoms with Crippen LogP contribution in [-0.4, -0.2) is 36.1 Å². The molecule has 3 aliphatic rings. The average molecular weight is 604 g/mol. The van der Waals surface area contributed by atoms with Crippen molar-refractivity contribution in [3.63, 3.8) is 0 Å². The fourth-order valence-electron chi connectivity index (χ4n) is 5.05. The molecule has 0 saturated heterocycles. The summed E-state index contributed by atoms with van der Waals surface area (Å²) in [4.78, 5) is 26.8. The van der Waals surface area contributed by atoms with Gasteiger partial charge in [0.1, 0.15) is 11.6 Å². The van der Waals surface area contributed by atoms with Gasteiger partial charge in [0.05, 0.1) is 29.5 Å². The number of anilines is 2. The van der Waals surface area contributed by atoms with E-state index >= 15 is 0 Å². The van der Waals surface area contributed by atoms with Crippen molar-refractivity contribution in [2.24, 2.45) is 0 Å². The van der Waals surface area contributed by atoms with Crippen LogP contribution in [0, 0.1) is 11.6 Å². The van der Waals surface area contributed by atoms with Crippen LogP contribution in [0.2, 0.25) is 5.02 Å². The van der Waals surface area contributed by atoms with E-state index in [-0.39, 0.29) is 16.1 Å². The number of hydrogen-bond donors (Lipinski definition) is 3. The highest BCUT2D eigenvalue weighted by atomic mass is 35.5. The average Bonchev–Trinajstić information content (AvgIpc) is 3.49. The number of halogens is 8. The third-order valence-electron chi connectivity index (χ3n) is 6.83. The number of ether oxygens (including phenoxy) is 2. The number of β-amino-alcohol motifs (C(OH)–C–C–N with tert-alkyl or cyclic N) is 1. The molecule has 0 spiro atoms. The van der Waals surface area contributed by atoms with E-state index in [9.17, 15) is 45.4 Å². The summed E-state index contributed by atoms with van der Waals surface area (Å²) in [5.41, 5.74) is -6.30. The van der Waals surface area contributed by atoms with Crippen molar-refractivity contribution in [3.05, 3.63) is 81.4 Å². The second-order valence-electron chi connectivity index (χ2n) is 9.32. The van der Waals surface area contributed by atoms with E-state index in [4.69, 9.17) is 11.6 Å². The van der Waals surface area contributed by atoms with E-state index < -0.39 is 88.2 Å². The number of carbonyl (C=O) groups excluding carboxylic acids is 2. The van der Waals surface area contributed by atoms with E-state index in [1.165, 1.54) is 0 Å². The van der Waals surface area contributed by atoms with Gasteiger partial charge in [-0.05, 0) is 36.4 Å². The Labute approximate surface area is 229 Å². The lowest BCUT2D eigenvalue weighted by molar-refractivity contribution is -0.286. The van der Waals surface area contributed by atoms with Crippen molar-refractivity contribution in [2.75, 3.05) is 16.8 Å². The third-order valence-corrected chi connectivity index (χ3v) is 7.18. The van der Waals surface area contributed by atoms with Gasteiger partial charge in [-0.15, -0.1) is 8.78 Å². The molecule has 0 bridgehead atoms. The van der Waals surface area contributed by atoms with Crippen LogP contribution in [0.1, 0.15) is 33.1 Å². The molecule has 3 N–H and O–H groups in total. The zero-order chi connectivity index (χ0) is 29.6. The largest absolute Gasteiger partial charge is 0.586 e. The minimum Gasteiger partial charge on any atom is -0.395 e. The molecule has 3 amide bonds. The number of alkyl halides is 5. The second-order valence-corrected chi connectivity index (χ2v) is 9.72. The van der Waals surface area contributed by atoms with E-state index in [0.29, 0.717) is 11.0 Å². The molecule has 0 fully saturated rings. The summed E-state index contributed by atoms with van der Waals surface area (Å²) < 4.78 is 106. The minimum absolute atomic E-state index is 0.0478. The lowest BCUT2D eigenvalue weighted by Crippen LogP contribution is -2.48. The topological polar surface area (TPSA) is 100 Å². The Morgan fingerprint density at radius 3 is 2.49 bits per heavy atom. The molecule has 214 valence electrons. The lowest BCUT2D eigenvalue weighted by atomic mass is 9.95. The second kappa shape index (κ2) is 8.63. The van der Waals surface area contributed by atoms with Crippen LogP contribution < -0.4 is 25.0 Å². The predicted molar refractivity (Wildman–Crippen MR) is 126 cm³/mol. The van der Waals surface area contributed by atoms with Gasteiger partial charge >= 0.3 is 18.5 Å². The highest BCUT2D eigenvalue weighted by molar-refractivity contribution is 6.31. The molecule has 0 aliphatic carbocycles. The quantitative estimate of drug-likeness (QED) is 0.333. The first-order valence-corrected chi connectivity index (χ1v) is 11.9. The van der Waals surface area contributed by atoms with Gasteiger partial charge in [0.2, 0.25) is 5.60 Å². The molecule has 0 aromatic heterocycles. The molecule has 41 heavy (non-hydrogen) atoms. The van der Waals surface area contributed by atoms with Crippen LogP contribution in [-0.2, 0) is 5.60 Å². The molecule has 3 aromatic rings. The molecule has 0 unspecified atom stereocenters. The Morgan fingerprint density at radius 1 is 1.10 bits per heavy atom. The van der Waals surface area contributed by atoms with Crippen molar-refractivity contribution in [3.8, 4) is 11.5 Å². The zero-order valence-electron chi connectivity index (χ0n) is 19.9. The molecule has 16 heteroatoms. The maximum Gasteiger partial charge on any atom is 0.586 e. The van der Waals surface area contributed by atoms with Crippen LogP contribution in [0.25, 0.3) is 0 Å².